The zero-order chi connectivity index (χ0) is 14.4. The average Bonchev–Trinajstić information content (AvgIpc) is 2.46. The first kappa shape index (κ1) is 14.2. The highest BCUT2D eigenvalue weighted by molar-refractivity contribution is 6.31. The van der Waals surface area contributed by atoms with E-state index >= 15 is 0 Å². The van der Waals surface area contributed by atoms with Crippen molar-refractivity contribution in [2.24, 2.45) is 0 Å². The highest BCUT2D eigenvalue weighted by Gasteiger charge is 2.02. The van der Waals surface area contributed by atoms with Gasteiger partial charge in [0.05, 0.1) is 0 Å². The third-order valence-electron chi connectivity index (χ3n) is 2.63. The summed E-state index contributed by atoms with van der Waals surface area (Å²) in [5, 5.41) is 9.71. The van der Waals surface area contributed by atoms with E-state index in [-0.39, 0.29) is 12.4 Å². The van der Waals surface area contributed by atoms with E-state index in [1.54, 1.807) is 42.5 Å². The van der Waals surface area contributed by atoms with Gasteiger partial charge in [-0.3, -0.25) is 0 Å². The van der Waals surface area contributed by atoms with Gasteiger partial charge in [-0.1, -0.05) is 41.9 Å². The van der Waals surface area contributed by atoms with Crippen LogP contribution in [0.4, 0.5) is 0 Å². The molecule has 2 rings (SSSR count). The lowest BCUT2D eigenvalue weighted by atomic mass is 10.2. The summed E-state index contributed by atoms with van der Waals surface area (Å²) in [6, 6.07) is 13.7. The van der Waals surface area contributed by atoms with Crippen LogP contribution in [0.5, 0.6) is 5.75 Å². The van der Waals surface area contributed by atoms with Crippen LogP contribution >= 0.6 is 11.6 Å². The van der Waals surface area contributed by atoms with Crippen molar-refractivity contribution in [1.29, 1.82) is 0 Å². The van der Waals surface area contributed by atoms with Gasteiger partial charge in [0.2, 0.25) is 0 Å². The first-order valence-electron chi connectivity index (χ1n) is 6.02. The van der Waals surface area contributed by atoms with E-state index in [0.717, 1.165) is 11.1 Å². The summed E-state index contributed by atoms with van der Waals surface area (Å²) in [6.45, 7) is 0.137. The molecule has 0 unspecified atom stereocenters. The Balaban J connectivity index is 1.90. The molecule has 0 fully saturated rings. The maximum absolute atomic E-state index is 11.6. The molecule has 0 atom stereocenters. The second-order valence-electron chi connectivity index (χ2n) is 4.12. The molecular formula is C16H13ClO3. The van der Waals surface area contributed by atoms with Gasteiger partial charge in [-0.2, -0.15) is 0 Å². The smallest absolute Gasteiger partial charge is 0.331 e. The Morgan fingerprint density at radius 2 is 1.85 bits per heavy atom. The SMILES string of the molecule is O=C(/C=C/c1ccc(O)cc1)OCc1ccccc1Cl. The minimum absolute atomic E-state index is 0.137. The lowest BCUT2D eigenvalue weighted by molar-refractivity contribution is -0.138. The highest BCUT2D eigenvalue weighted by Crippen LogP contribution is 2.16. The monoisotopic (exact) mass is 288 g/mol. The number of carbonyl (C=O) groups excluding carboxylic acids is 1. The number of esters is 1. The number of carbonyl (C=O) groups is 1. The van der Waals surface area contributed by atoms with E-state index in [2.05, 4.69) is 0 Å². The number of hydrogen-bond donors (Lipinski definition) is 1. The van der Waals surface area contributed by atoms with Crippen LogP contribution in [0, 0.1) is 0 Å². The molecule has 102 valence electrons. The van der Waals surface area contributed by atoms with E-state index in [0.29, 0.717) is 5.02 Å². The van der Waals surface area contributed by atoms with Crippen LogP contribution in [-0.4, -0.2) is 11.1 Å². The zero-order valence-electron chi connectivity index (χ0n) is 10.6. The van der Waals surface area contributed by atoms with Gasteiger partial charge in [0.25, 0.3) is 0 Å². The summed E-state index contributed by atoms with van der Waals surface area (Å²) >= 11 is 5.96. The summed E-state index contributed by atoms with van der Waals surface area (Å²) in [6.07, 6.45) is 2.96. The molecule has 2 aromatic rings. The van der Waals surface area contributed by atoms with E-state index in [1.165, 1.54) is 6.08 Å². The second kappa shape index (κ2) is 6.78. The Morgan fingerprint density at radius 3 is 2.55 bits per heavy atom. The van der Waals surface area contributed by atoms with Gasteiger partial charge in [-0.05, 0) is 29.8 Å². The molecule has 0 heterocycles. The van der Waals surface area contributed by atoms with Crippen LogP contribution in [0.1, 0.15) is 11.1 Å². The normalized spacial score (nSPS) is 10.7. The predicted octanol–water partition coefficient (Wildman–Crippen LogP) is 3.80. The molecule has 0 amide bonds. The third-order valence-corrected chi connectivity index (χ3v) is 3.00. The number of aromatic hydroxyl groups is 1. The van der Waals surface area contributed by atoms with Crippen LogP contribution in [0.2, 0.25) is 5.02 Å². The fourth-order valence-corrected chi connectivity index (χ4v) is 1.75. The number of rotatable bonds is 4. The number of phenols is 1. The van der Waals surface area contributed by atoms with Crippen LogP contribution in [0.15, 0.2) is 54.6 Å². The molecule has 20 heavy (non-hydrogen) atoms. The van der Waals surface area contributed by atoms with Gasteiger partial charge in [-0.15, -0.1) is 0 Å². The minimum Gasteiger partial charge on any atom is -0.508 e. The summed E-state index contributed by atoms with van der Waals surface area (Å²) in [5.41, 5.74) is 1.57. The van der Waals surface area contributed by atoms with Gasteiger partial charge < -0.3 is 9.84 Å². The van der Waals surface area contributed by atoms with Crippen LogP contribution in [0.3, 0.4) is 0 Å². The molecule has 1 N–H and O–H groups in total. The second-order valence-corrected chi connectivity index (χ2v) is 4.53. The van der Waals surface area contributed by atoms with E-state index in [9.17, 15) is 4.79 Å². The lowest BCUT2D eigenvalue weighted by Crippen LogP contribution is -2.01. The summed E-state index contributed by atoms with van der Waals surface area (Å²) < 4.78 is 5.09. The van der Waals surface area contributed by atoms with Crippen molar-refractivity contribution in [3.63, 3.8) is 0 Å². The first-order valence-corrected chi connectivity index (χ1v) is 6.40. The lowest BCUT2D eigenvalue weighted by Gasteiger charge is -2.04. The number of hydrogen-bond acceptors (Lipinski definition) is 3. The molecule has 0 bridgehead atoms. The number of benzene rings is 2. The largest absolute Gasteiger partial charge is 0.508 e. The van der Waals surface area contributed by atoms with Crippen molar-refractivity contribution in [1.82, 2.24) is 0 Å². The molecule has 0 saturated carbocycles. The molecular weight excluding hydrogens is 276 g/mol. The van der Waals surface area contributed by atoms with Crippen molar-refractivity contribution in [3.05, 3.63) is 70.8 Å². The van der Waals surface area contributed by atoms with Gasteiger partial charge in [-0.25, -0.2) is 4.79 Å². The number of halogens is 1. The van der Waals surface area contributed by atoms with E-state index in [1.807, 2.05) is 12.1 Å². The Labute approximate surface area is 122 Å². The molecule has 0 radical (unpaired) electrons. The van der Waals surface area contributed by atoms with Crippen molar-refractivity contribution in [3.8, 4) is 5.75 Å². The summed E-state index contributed by atoms with van der Waals surface area (Å²) in [7, 11) is 0. The molecule has 2 aromatic carbocycles. The Hall–Kier alpha value is -2.26. The van der Waals surface area contributed by atoms with Gasteiger partial charge >= 0.3 is 5.97 Å². The summed E-state index contributed by atoms with van der Waals surface area (Å²) in [5.74, 6) is -0.263. The quantitative estimate of drug-likeness (QED) is 0.687. The maximum Gasteiger partial charge on any atom is 0.331 e. The maximum atomic E-state index is 11.6. The molecule has 0 aromatic heterocycles. The number of ether oxygens (including phenoxy) is 1. The van der Waals surface area contributed by atoms with E-state index < -0.39 is 5.97 Å². The Kier molecular flexibility index (Phi) is 4.80. The molecule has 0 saturated heterocycles. The zero-order valence-corrected chi connectivity index (χ0v) is 11.4. The van der Waals surface area contributed by atoms with E-state index in [4.69, 9.17) is 21.4 Å². The van der Waals surface area contributed by atoms with Crippen LogP contribution in [-0.2, 0) is 16.1 Å². The molecule has 0 aliphatic rings. The topological polar surface area (TPSA) is 46.5 Å². The molecule has 0 aliphatic heterocycles. The van der Waals surface area contributed by atoms with Gasteiger partial charge in [0, 0.05) is 16.7 Å². The Morgan fingerprint density at radius 1 is 1.15 bits per heavy atom. The summed E-state index contributed by atoms with van der Waals surface area (Å²) in [4.78, 5) is 11.6. The molecule has 4 heteroatoms. The van der Waals surface area contributed by atoms with Crippen LogP contribution < -0.4 is 0 Å². The van der Waals surface area contributed by atoms with Crippen molar-refractivity contribution < 1.29 is 14.6 Å². The molecule has 0 spiro atoms. The standard InChI is InChI=1S/C16H13ClO3/c17-15-4-2-1-3-13(15)11-20-16(19)10-7-12-5-8-14(18)9-6-12/h1-10,18H,11H2/b10-7+. The van der Waals surface area contributed by atoms with Crippen LogP contribution in [0.25, 0.3) is 6.08 Å². The van der Waals surface area contributed by atoms with Crippen molar-refractivity contribution >= 4 is 23.6 Å². The fraction of sp³-hybridized carbons (Fsp3) is 0.0625. The molecule has 0 aliphatic carbocycles. The van der Waals surface area contributed by atoms with Crippen molar-refractivity contribution in [2.75, 3.05) is 0 Å². The third kappa shape index (κ3) is 4.14. The minimum atomic E-state index is -0.446. The van der Waals surface area contributed by atoms with Gasteiger partial charge in [0.15, 0.2) is 0 Å². The van der Waals surface area contributed by atoms with Gasteiger partial charge in [0.1, 0.15) is 12.4 Å². The fourth-order valence-electron chi connectivity index (χ4n) is 1.56. The first-order chi connectivity index (χ1) is 9.65. The number of phenolic OH excluding ortho intramolecular Hbond substituents is 1. The van der Waals surface area contributed by atoms with Crippen molar-refractivity contribution in [2.45, 2.75) is 6.61 Å². The molecule has 3 nitrogen and oxygen atoms in total. The predicted molar refractivity (Wildman–Crippen MR) is 78.4 cm³/mol. The highest BCUT2D eigenvalue weighted by atomic mass is 35.5. The average molecular weight is 289 g/mol. The Bertz CT molecular complexity index is 618.